The number of amides is 1. The summed E-state index contributed by atoms with van der Waals surface area (Å²) in [4.78, 5) is 26.7. The van der Waals surface area contributed by atoms with E-state index in [9.17, 15) is 9.59 Å². The molecule has 7 heteroatoms. The lowest BCUT2D eigenvalue weighted by Crippen LogP contribution is -2.16. The molecule has 0 aliphatic rings. The van der Waals surface area contributed by atoms with E-state index in [1.165, 1.54) is 18.2 Å². The van der Waals surface area contributed by atoms with Crippen molar-refractivity contribution in [1.82, 2.24) is 4.98 Å². The van der Waals surface area contributed by atoms with E-state index in [1.54, 1.807) is 25.3 Å². The van der Waals surface area contributed by atoms with Crippen LogP contribution in [-0.2, 0) is 0 Å². The maximum Gasteiger partial charge on any atom is 0.360 e. The number of nitrogens with one attached hydrogen (secondary N) is 1. The van der Waals surface area contributed by atoms with Gasteiger partial charge in [0.05, 0.1) is 12.7 Å². The van der Waals surface area contributed by atoms with Crippen molar-refractivity contribution in [3.63, 3.8) is 0 Å². The molecule has 0 fully saturated rings. The van der Waals surface area contributed by atoms with Gasteiger partial charge in [-0.15, -0.1) is 0 Å². The molecule has 122 valence electrons. The fourth-order valence-corrected chi connectivity index (χ4v) is 2.45. The van der Waals surface area contributed by atoms with E-state index in [0.29, 0.717) is 10.8 Å². The molecule has 1 heterocycles. The molecule has 0 aliphatic heterocycles. The highest BCUT2D eigenvalue weighted by Crippen LogP contribution is 2.25. The quantitative estimate of drug-likeness (QED) is 0.561. The maximum absolute atomic E-state index is 12.3. The molecule has 0 saturated carbocycles. The van der Waals surface area contributed by atoms with E-state index in [0.717, 1.165) is 10.9 Å². The van der Waals surface area contributed by atoms with E-state index in [-0.39, 0.29) is 17.0 Å². The highest BCUT2D eigenvalue weighted by molar-refractivity contribution is 6.31. The van der Waals surface area contributed by atoms with Crippen LogP contribution in [0.5, 0.6) is 11.5 Å². The van der Waals surface area contributed by atoms with Crippen molar-refractivity contribution in [2.24, 2.45) is 5.73 Å². The average molecular weight is 345 g/mol. The number of aromatic nitrogens is 1. The third-order valence-electron chi connectivity index (χ3n) is 3.46. The molecule has 0 aliphatic carbocycles. The molecule has 0 bridgehead atoms. The van der Waals surface area contributed by atoms with Crippen molar-refractivity contribution in [2.75, 3.05) is 7.11 Å². The number of ether oxygens (including phenoxy) is 2. The summed E-state index contributed by atoms with van der Waals surface area (Å²) in [6.45, 7) is 0. The van der Waals surface area contributed by atoms with E-state index >= 15 is 0 Å². The number of carbonyl (C=O) groups is 2. The summed E-state index contributed by atoms with van der Waals surface area (Å²) in [6, 6.07) is 11.3. The van der Waals surface area contributed by atoms with Crippen molar-refractivity contribution in [3.8, 4) is 11.5 Å². The number of carbonyl (C=O) groups excluding carboxylic acids is 2. The summed E-state index contributed by atoms with van der Waals surface area (Å²) >= 11 is 5.83. The van der Waals surface area contributed by atoms with Gasteiger partial charge in [-0.3, -0.25) is 4.79 Å². The molecule has 3 aromatic rings. The number of fused-ring (bicyclic) bond motifs is 1. The van der Waals surface area contributed by atoms with Gasteiger partial charge in [-0.1, -0.05) is 11.6 Å². The molecule has 6 nitrogen and oxygen atoms in total. The SMILES string of the molecule is COc1ccc2cc(C(=O)Oc3ccc(Cl)cc3C(N)=O)[nH]c2c1. The van der Waals surface area contributed by atoms with Crippen LogP contribution < -0.4 is 15.2 Å². The van der Waals surface area contributed by atoms with Crippen LogP contribution in [0.3, 0.4) is 0 Å². The zero-order valence-electron chi connectivity index (χ0n) is 12.6. The van der Waals surface area contributed by atoms with Crippen LogP contribution in [0.4, 0.5) is 0 Å². The number of methoxy groups -OCH3 is 1. The smallest absolute Gasteiger partial charge is 0.360 e. The Bertz CT molecular complexity index is 949. The van der Waals surface area contributed by atoms with Crippen LogP contribution in [0, 0.1) is 0 Å². The molecule has 0 unspecified atom stereocenters. The largest absolute Gasteiger partial charge is 0.497 e. The van der Waals surface area contributed by atoms with Gasteiger partial charge in [-0.25, -0.2) is 4.79 Å². The summed E-state index contributed by atoms with van der Waals surface area (Å²) < 4.78 is 10.4. The van der Waals surface area contributed by atoms with Crippen molar-refractivity contribution < 1.29 is 19.1 Å². The molecular weight excluding hydrogens is 332 g/mol. The van der Waals surface area contributed by atoms with Crippen molar-refractivity contribution in [2.45, 2.75) is 0 Å². The van der Waals surface area contributed by atoms with Gasteiger partial charge in [0.2, 0.25) is 0 Å². The highest BCUT2D eigenvalue weighted by Gasteiger charge is 2.17. The summed E-state index contributed by atoms with van der Waals surface area (Å²) in [5.74, 6) is -0.664. The third-order valence-corrected chi connectivity index (χ3v) is 3.69. The van der Waals surface area contributed by atoms with E-state index in [4.69, 9.17) is 26.8 Å². The lowest BCUT2D eigenvalue weighted by Gasteiger charge is -2.07. The predicted molar refractivity (Wildman–Crippen MR) is 89.8 cm³/mol. The monoisotopic (exact) mass is 344 g/mol. The molecular formula is C17H13ClN2O4. The van der Waals surface area contributed by atoms with Crippen LogP contribution in [0.1, 0.15) is 20.8 Å². The van der Waals surface area contributed by atoms with Crippen LogP contribution in [0.25, 0.3) is 10.9 Å². The lowest BCUT2D eigenvalue weighted by atomic mass is 10.2. The Morgan fingerprint density at radius 1 is 1.12 bits per heavy atom. The number of primary amides is 1. The first-order valence-corrected chi connectivity index (χ1v) is 7.34. The molecule has 0 spiro atoms. The molecule has 0 radical (unpaired) electrons. The number of hydrogen-bond acceptors (Lipinski definition) is 4. The fourth-order valence-electron chi connectivity index (χ4n) is 2.28. The third kappa shape index (κ3) is 3.04. The summed E-state index contributed by atoms with van der Waals surface area (Å²) in [5, 5.41) is 1.15. The zero-order valence-corrected chi connectivity index (χ0v) is 13.4. The Morgan fingerprint density at radius 2 is 1.92 bits per heavy atom. The maximum atomic E-state index is 12.3. The van der Waals surface area contributed by atoms with Crippen LogP contribution >= 0.6 is 11.6 Å². The van der Waals surface area contributed by atoms with Gasteiger partial charge in [-0.05, 0) is 36.4 Å². The molecule has 0 saturated heterocycles. The average Bonchev–Trinajstić information content (AvgIpc) is 2.99. The second kappa shape index (κ2) is 6.25. The van der Waals surface area contributed by atoms with Gasteiger partial charge in [0.25, 0.3) is 5.91 Å². The van der Waals surface area contributed by atoms with Crippen molar-refractivity contribution in [3.05, 3.63) is 58.7 Å². The minimum atomic E-state index is -0.735. The standard InChI is InChI=1S/C17H13ClN2O4/c1-23-11-4-2-9-6-14(20-13(9)8-11)17(22)24-15-5-3-10(18)7-12(15)16(19)21/h2-8,20H,1H3,(H2,19,21). The van der Waals surface area contributed by atoms with Gasteiger partial charge in [0.1, 0.15) is 17.2 Å². The van der Waals surface area contributed by atoms with Crippen LogP contribution in [-0.4, -0.2) is 24.0 Å². The number of benzene rings is 2. The van der Waals surface area contributed by atoms with Gasteiger partial charge in [0, 0.05) is 22.0 Å². The van der Waals surface area contributed by atoms with E-state index in [2.05, 4.69) is 4.98 Å². The van der Waals surface area contributed by atoms with Crippen molar-refractivity contribution in [1.29, 1.82) is 0 Å². The van der Waals surface area contributed by atoms with E-state index < -0.39 is 11.9 Å². The number of halogens is 1. The van der Waals surface area contributed by atoms with Gasteiger partial charge in [0.15, 0.2) is 0 Å². The Morgan fingerprint density at radius 3 is 2.62 bits per heavy atom. The number of rotatable bonds is 4. The summed E-state index contributed by atoms with van der Waals surface area (Å²) in [7, 11) is 1.56. The van der Waals surface area contributed by atoms with Crippen LogP contribution in [0.15, 0.2) is 42.5 Å². The first-order chi connectivity index (χ1) is 11.5. The van der Waals surface area contributed by atoms with Gasteiger partial charge in [-0.2, -0.15) is 0 Å². The molecule has 1 amide bonds. The Labute approximate surface area is 142 Å². The second-order valence-corrected chi connectivity index (χ2v) is 5.47. The minimum absolute atomic E-state index is 0.0358. The topological polar surface area (TPSA) is 94.4 Å². The molecule has 3 rings (SSSR count). The normalized spacial score (nSPS) is 10.6. The molecule has 3 N–H and O–H groups in total. The summed E-state index contributed by atoms with van der Waals surface area (Å²) in [6.07, 6.45) is 0. The molecule has 24 heavy (non-hydrogen) atoms. The Hall–Kier alpha value is -2.99. The molecule has 2 aromatic carbocycles. The Kier molecular flexibility index (Phi) is 4.14. The zero-order chi connectivity index (χ0) is 17.3. The number of esters is 1. The first-order valence-electron chi connectivity index (χ1n) is 6.96. The number of hydrogen-bond donors (Lipinski definition) is 2. The van der Waals surface area contributed by atoms with Crippen molar-refractivity contribution >= 4 is 34.4 Å². The van der Waals surface area contributed by atoms with E-state index in [1.807, 2.05) is 6.07 Å². The fraction of sp³-hybridized carbons (Fsp3) is 0.0588. The molecule has 0 atom stereocenters. The molecule has 1 aromatic heterocycles. The van der Waals surface area contributed by atoms with Crippen LogP contribution in [0.2, 0.25) is 5.02 Å². The number of aromatic amines is 1. The Balaban J connectivity index is 1.91. The second-order valence-electron chi connectivity index (χ2n) is 5.03. The summed E-state index contributed by atoms with van der Waals surface area (Å²) in [5.41, 5.74) is 6.28. The predicted octanol–water partition coefficient (Wildman–Crippen LogP) is 3.15. The highest BCUT2D eigenvalue weighted by atomic mass is 35.5. The van der Waals surface area contributed by atoms with Gasteiger partial charge >= 0.3 is 5.97 Å². The number of H-pyrrole nitrogens is 1. The first kappa shape index (κ1) is 15.9. The lowest BCUT2D eigenvalue weighted by molar-refractivity contribution is 0.0727. The van der Waals surface area contributed by atoms with Gasteiger partial charge < -0.3 is 20.2 Å². The number of nitrogens with two attached hydrogens (primary N) is 1. The minimum Gasteiger partial charge on any atom is -0.497 e.